The molecule has 0 saturated heterocycles. The second-order valence-corrected chi connectivity index (χ2v) is 3.54. The molecule has 0 saturated carbocycles. The summed E-state index contributed by atoms with van der Waals surface area (Å²) in [6.07, 6.45) is 1.49. The van der Waals surface area contributed by atoms with Crippen LogP contribution in [0.15, 0.2) is 30.9 Å². The van der Waals surface area contributed by atoms with Crippen molar-refractivity contribution < 1.29 is 19.4 Å². The first-order chi connectivity index (χ1) is 8.58. The number of hydrogen-bond donors (Lipinski definition) is 2. The molecule has 0 bridgehead atoms. The summed E-state index contributed by atoms with van der Waals surface area (Å²) < 4.78 is 4.79. The molecule has 0 unspecified atom stereocenters. The Bertz CT molecular complexity index is 468. The van der Waals surface area contributed by atoms with Gasteiger partial charge in [-0.3, -0.25) is 5.32 Å². The van der Waals surface area contributed by atoms with Crippen LogP contribution in [0.3, 0.4) is 0 Å². The Hall–Kier alpha value is -2.30. The summed E-state index contributed by atoms with van der Waals surface area (Å²) in [6, 6.07) is 4.52. The first kappa shape index (κ1) is 13.8. The van der Waals surface area contributed by atoms with E-state index in [9.17, 15) is 9.59 Å². The zero-order valence-electron chi connectivity index (χ0n) is 10.1. The molecule has 1 aromatic carbocycles. The molecular weight excluding hydrogens is 234 g/mol. The van der Waals surface area contributed by atoms with Crippen LogP contribution in [0.1, 0.15) is 22.8 Å². The van der Waals surface area contributed by atoms with Crippen molar-refractivity contribution in [2.24, 2.45) is 0 Å². The standard InChI is InChI=1S/C13H15NO4/c1-3-7-18-13(17)14-11-6-5-10(12(15)16)8-9(11)4-2/h3,5-6,8H,1,4,7H2,2H3,(H,14,17)(H,15,16). The van der Waals surface area contributed by atoms with Gasteiger partial charge in [-0.25, -0.2) is 9.59 Å². The van der Waals surface area contributed by atoms with E-state index in [1.165, 1.54) is 18.2 Å². The molecule has 1 rings (SSSR count). The van der Waals surface area contributed by atoms with Crippen LogP contribution in [0.4, 0.5) is 10.5 Å². The van der Waals surface area contributed by atoms with Gasteiger partial charge in [0.1, 0.15) is 6.61 Å². The van der Waals surface area contributed by atoms with Gasteiger partial charge in [-0.15, -0.1) is 0 Å². The zero-order valence-corrected chi connectivity index (χ0v) is 10.1. The minimum Gasteiger partial charge on any atom is -0.478 e. The van der Waals surface area contributed by atoms with Gasteiger partial charge >= 0.3 is 12.1 Å². The summed E-state index contributed by atoms with van der Waals surface area (Å²) in [7, 11) is 0. The lowest BCUT2D eigenvalue weighted by molar-refractivity contribution is 0.0696. The van der Waals surface area contributed by atoms with Crippen LogP contribution in [-0.2, 0) is 11.2 Å². The van der Waals surface area contributed by atoms with E-state index in [1.807, 2.05) is 6.92 Å². The number of carboxylic acid groups (broad SMARTS) is 1. The minimum atomic E-state index is -0.995. The van der Waals surface area contributed by atoms with E-state index in [0.717, 1.165) is 5.56 Å². The van der Waals surface area contributed by atoms with E-state index < -0.39 is 12.1 Å². The molecule has 0 atom stereocenters. The van der Waals surface area contributed by atoms with Gasteiger partial charge in [0.25, 0.3) is 0 Å². The molecule has 0 aliphatic carbocycles. The average Bonchev–Trinajstić information content (AvgIpc) is 2.36. The van der Waals surface area contributed by atoms with Crippen molar-refractivity contribution in [2.45, 2.75) is 13.3 Å². The number of hydrogen-bond acceptors (Lipinski definition) is 3. The highest BCUT2D eigenvalue weighted by molar-refractivity contribution is 5.90. The Balaban J connectivity index is 2.85. The summed E-state index contributed by atoms with van der Waals surface area (Å²) in [4.78, 5) is 22.2. The lowest BCUT2D eigenvalue weighted by Crippen LogP contribution is -2.15. The van der Waals surface area contributed by atoms with Crippen LogP contribution >= 0.6 is 0 Å². The number of benzene rings is 1. The largest absolute Gasteiger partial charge is 0.478 e. The predicted molar refractivity (Wildman–Crippen MR) is 67.9 cm³/mol. The van der Waals surface area contributed by atoms with Gasteiger partial charge in [-0.05, 0) is 30.2 Å². The number of aromatic carboxylic acids is 1. The van der Waals surface area contributed by atoms with Crippen LogP contribution in [0, 0.1) is 0 Å². The van der Waals surface area contributed by atoms with Gasteiger partial charge in [0.05, 0.1) is 5.56 Å². The minimum absolute atomic E-state index is 0.125. The van der Waals surface area contributed by atoms with Gasteiger partial charge in [0.15, 0.2) is 0 Å². The second-order valence-electron chi connectivity index (χ2n) is 3.54. The summed E-state index contributed by atoms with van der Waals surface area (Å²) in [5.41, 5.74) is 1.49. The number of aryl methyl sites for hydroxylation is 1. The SMILES string of the molecule is C=CCOC(=O)Nc1ccc(C(=O)O)cc1CC. The highest BCUT2D eigenvalue weighted by Gasteiger charge is 2.10. The Morgan fingerprint density at radius 3 is 2.78 bits per heavy atom. The topological polar surface area (TPSA) is 75.6 Å². The molecule has 0 aromatic heterocycles. The molecule has 5 nitrogen and oxygen atoms in total. The summed E-state index contributed by atoms with van der Waals surface area (Å²) in [6.45, 7) is 5.44. The monoisotopic (exact) mass is 249 g/mol. The quantitative estimate of drug-likeness (QED) is 0.786. The van der Waals surface area contributed by atoms with E-state index in [1.54, 1.807) is 6.07 Å². The third-order valence-corrected chi connectivity index (χ3v) is 2.30. The van der Waals surface area contributed by atoms with Crippen molar-refractivity contribution in [3.05, 3.63) is 42.0 Å². The Morgan fingerprint density at radius 1 is 1.50 bits per heavy atom. The van der Waals surface area contributed by atoms with Crippen molar-refractivity contribution in [2.75, 3.05) is 11.9 Å². The molecule has 0 heterocycles. The van der Waals surface area contributed by atoms with E-state index in [2.05, 4.69) is 11.9 Å². The molecule has 1 aromatic rings. The molecule has 18 heavy (non-hydrogen) atoms. The molecule has 0 aliphatic heterocycles. The lowest BCUT2D eigenvalue weighted by atomic mass is 10.1. The fourth-order valence-electron chi connectivity index (χ4n) is 1.42. The highest BCUT2D eigenvalue weighted by Crippen LogP contribution is 2.18. The highest BCUT2D eigenvalue weighted by atomic mass is 16.5. The molecule has 96 valence electrons. The molecular formula is C13H15NO4. The van der Waals surface area contributed by atoms with E-state index >= 15 is 0 Å². The van der Waals surface area contributed by atoms with Crippen LogP contribution in [0.2, 0.25) is 0 Å². The molecule has 0 aliphatic rings. The number of carboxylic acids is 1. The summed E-state index contributed by atoms with van der Waals surface area (Å²) in [5.74, 6) is -0.995. The number of amides is 1. The van der Waals surface area contributed by atoms with Crippen molar-refractivity contribution in [3.63, 3.8) is 0 Å². The van der Waals surface area contributed by atoms with Crippen LogP contribution in [0.25, 0.3) is 0 Å². The third kappa shape index (κ3) is 3.62. The second kappa shape index (κ2) is 6.44. The fraction of sp³-hybridized carbons (Fsp3) is 0.231. The molecule has 0 fully saturated rings. The number of anilines is 1. The summed E-state index contributed by atoms with van der Waals surface area (Å²) in [5, 5.41) is 11.4. The maximum absolute atomic E-state index is 11.4. The number of ether oxygens (including phenoxy) is 1. The molecule has 1 amide bonds. The van der Waals surface area contributed by atoms with Crippen LogP contribution in [-0.4, -0.2) is 23.8 Å². The predicted octanol–water partition coefficient (Wildman–Crippen LogP) is 2.68. The smallest absolute Gasteiger partial charge is 0.411 e. The van der Waals surface area contributed by atoms with E-state index in [4.69, 9.17) is 9.84 Å². The molecule has 0 radical (unpaired) electrons. The van der Waals surface area contributed by atoms with Crippen molar-refractivity contribution >= 4 is 17.7 Å². The Labute approximate surface area is 105 Å². The maximum atomic E-state index is 11.4. The first-order valence-corrected chi connectivity index (χ1v) is 5.49. The van der Waals surface area contributed by atoms with Gasteiger partial charge in [-0.1, -0.05) is 19.6 Å². The van der Waals surface area contributed by atoms with Gasteiger partial charge in [-0.2, -0.15) is 0 Å². The number of rotatable bonds is 5. The molecule has 5 heteroatoms. The van der Waals surface area contributed by atoms with Gasteiger partial charge in [0.2, 0.25) is 0 Å². The van der Waals surface area contributed by atoms with Crippen LogP contribution in [0.5, 0.6) is 0 Å². The number of carbonyl (C=O) groups excluding carboxylic acids is 1. The average molecular weight is 249 g/mol. The van der Waals surface area contributed by atoms with Crippen LogP contribution < -0.4 is 5.32 Å². The zero-order chi connectivity index (χ0) is 13.5. The Morgan fingerprint density at radius 2 is 2.22 bits per heavy atom. The van der Waals surface area contributed by atoms with Crippen molar-refractivity contribution in [1.29, 1.82) is 0 Å². The fourth-order valence-corrected chi connectivity index (χ4v) is 1.42. The number of nitrogens with one attached hydrogen (secondary N) is 1. The summed E-state index contributed by atoms with van der Waals surface area (Å²) >= 11 is 0. The first-order valence-electron chi connectivity index (χ1n) is 5.49. The normalized spacial score (nSPS) is 9.61. The van der Waals surface area contributed by atoms with Gasteiger partial charge < -0.3 is 9.84 Å². The van der Waals surface area contributed by atoms with Crippen molar-refractivity contribution in [1.82, 2.24) is 0 Å². The molecule has 2 N–H and O–H groups in total. The Kier molecular flexibility index (Phi) is 4.92. The molecule has 0 spiro atoms. The van der Waals surface area contributed by atoms with Crippen molar-refractivity contribution in [3.8, 4) is 0 Å². The lowest BCUT2D eigenvalue weighted by Gasteiger charge is -2.10. The van der Waals surface area contributed by atoms with Gasteiger partial charge in [0, 0.05) is 5.69 Å². The van der Waals surface area contributed by atoms with E-state index in [0.29, 0.717) is 12.1 Å². The maximum Gasteiger partial charge on any atom is 0.411 e. The number of carbonyl (C=O) groups is 2. The third-order valence-electron chi connectivity index (χ3n) is 2.30. The van der Waals surface area contributed by atoms with E-state index in [-0.39, 0.29) is 12.2 Å².